The highest BCUT2D eigenvalue weighted by Gasteiger charge is 2.16. The number of carbonyl (C=O) groups excluding carboxylic acids is 1. The average molecular weight is 299 g/mol. The number of oxazole rings is 1. The first-order chi connectivity index (χ1) is 10.6. The van der Waals surface area contributed by atoms with Crippen molar-refractivity contribution in [3.8, 4) is 0 Å². The Morgan fingerprint density at radius 1 is 1.14 bits per heavy atom. The van der Waals surface area contributed by atoms with Crippen molar-refractivity contribution in [1.82, 2.24) is 4.98 Å². The van der Waals surface area contributed by atoms with Crippen molar-refractivity contribution in [3.63, 3.8) is 0 Å². The second-order valence-corrected chi connectivity index (χ2v) is 5.70. The lowest BCUT2D eigenvalue weighted by Crippen LogP contribution is -2.29. The van der Waals surface area contributed by atoms with Gasteiger partial charge in [-0.15, -0.1) is 0 Å². The Hall–Kier alpha value is -2.30. The summed E-state index contributed by atoms with van der Waals surface area (Å²) in [6, 6.07) is 7.97. The molecule has 1 N–H and O–H groups in total. The van der Waals surface area contributed by atoms with Gasteiger partial charge in [0.25, 0.3) is 5.91 Å². The first-order valence-electron chi connectivity index (χ1n) is 7.74. The van der Waals surface area contributed by atoms with E-state index in [1.165, 1.54) is 24.9 Å². The van der Waals surface area contributed by atoms with Crippen molar-refractivity contribution in [2.24, 2.45) is 0 Å². The van der Waals surface area contributed by atoms with Crippen LogP contribution in [0.2, 0.25) is 0 Å². The number of hydrogen-bond donors (Lipinski definition) is 1. The Labute approximate surface area is 130 Å². The zero-order valence-corrected chi connectivity index (χ0v) is 13.1. The highest BCUT2D eigenvalue weighted by Crippen LogP contribution is 2.22. The molecular formula is C17H21N3O2. The van der Waals surface area contributed by atoms with Crippen molar-refractivity contribution < 1.29 is 9.21 Å². The molecule has 1 aromatic carbocycles. The van der Waals surface area contributed by atoms with Crippen LogP contribution in [0, 0.1) is 13.8 Å². The van der Waals surface area contributed by atoms with Crippen LogP contribution in [0.5, 0.6) is 0 Å². The third-order valence-corrected chi connectivity index (χ3v) is 3.96. The third kappa shape index (κ3) is 3.13. The van der Waals surface area contributed by atoms with Gasteiger partial charge in [-0.25, -0.2) is 4.98 Å². The van der Waals surface area contributed by atoms with Crippen molar-refractivity contribution in [3.05, 3.63) is 41.6 Å². The summed E-state index contributed by atoms with van der Waals surface area (Å²) in [4.78, 5) is 18.7. The second kappa shape index (κ2) is 6.22. The minimum absolute atomic E-state index is 0.260. The van der Waals surface area contributed by atoms with E-state index in [0.29, 0.717) is 11.6 Å². The number of nitrogens with one attached hydrogen (secondary N) is 1. The number of anilines is 2. The molecule has 1 amide bonds. The molecule has 0 atom stereocenters. The zero-order chi connectivity index (χ0) is 15.5. The topological polar surface area (TPSA) is 58.4 Å². The zero-order valence-electron chi connectivity index (χ0n) is 13.1. The first-order valence-corrected chi connectivity index (χ1v) is 7.74. The minimum Gasteiger partial charge on any atom is -0.436 e. The predicted octanol–water partition coefficient (Wildman–Crippen LogP) is 3.53. The van der Waals surface area contributed by atoms with Crippen LogP contribution in [0.25, 0.3) is 0 Å². The van der Waals surface area contributed by atoms with Gasteiger partial charge < -0.3 is 14.6 Å². The molecule has 0 aliphatic carbocycles. The van der Waals surface area contributed by atoms with Crippen LogP contribution < -0.4 is 10.2 Å². The van der Waals surface area contributed by atoms with E-state index in [0.717, 1.165) is 18.8 Å². The summed E-state index contributed by atoms with van der Waals surface area (Å²) in [6.45, 7) is 5.73. The van der Waals surface area contributed by atoms with Gasteiger partial charge in [0.05, 0.1) is 5.69 Å². The first kappa shape index (κ1) is 14.6. The highest BCUT2D eigenvalue weighted by atomic mass is 16.4. The lowest BCUT2D eigenvalue weighted by atomic mass is 10.1. The summed E-state index contributed by atoms with van der Waals surface area (Å²) >= 11 is 0. The van der Waals surface area contributed by atoms with Crippen LogP contribution >= 0.6 is 0 Å². The molecule has 1 aromatic heterocycles. The number of amides is 1. The number of hydrogen-bond acceptors (Lipinski definition) is 4. The molecule has 0 bridgehead atoms. The van der Waals surface area contributed by atoms with Gasteiger partial charge in [-0.05, 0) is 50.5 Å². The van der Waals surface area contributed by atoms with Crippen LogP contribution in [0.4, 0.5) is 11.4 Å². The SMILES string of the molecule is Cc1nc(C)c(C(=O)Nc2ccc(N3CCCCC3)cc2)o1. The number of rotatable bonds is 3. The molecule has 1 saturated heterocycles. The summed E-state index contributed by atoms with van der Waals surface area (Å²) in [7, 11) is 0. The summed E-state index contributed by atoms with van der Waals surface area (Å²) in [5.41, 5.74) is 2.59. The summed E-state index contributed by atoms with van der Waals surface area (Å²) in [5, 5.41) is 2.85. The Balaban J connectivity index is 1.68. The predicted molar refractivity (Wildman–Crippen MR) is 86.4 cm³/mol. The number of aryl methyl sites for hydroxylation is 2. The van der Waals surface area contributed by atoms with Gasteiger partial charge in [0.2, 0.25) is 5.76 Å². The average Bonchev–Trinajstić information content (AvgIpc) is 2.88. The molecule has 0 radical (unpaired) electrons. The number of piperidine rings is 1. The van der Waals surface area contributed by atoms with Gasteiger partial charge in [-0.3, -0.25) is 4.79 Å². The Kier molecular flexibility index (Phi) is 4.13. The van der Waals surface area contributed by atoms with Gasteiger partial charge in [0.1, 0.15) is 0 Å². The number of aromatic nitrogens is 1. The molecule has 5 nitrogen and oxygen atoms in total. The fourth-order valence-electron chi connectivity index (χ4n) is 2.84. The van der Waals surface area contributed by atoms with Crippen molar-refractivity contribution in [2.45, 2.75) is 33.1 Å². The highest BCUT2D eigenvalue weighted by molar-refractivity contribution is 6.03. The van der Waals surface area contributed by atoms with Gasteiger partial charge in [-0.2, -0.15) is 0 Å². The largest absolute Gasteiger partial charge is 0.436 e. The monoisotopic (exact) mass is 299 g/mol. The Morgan fingerprint density at radius 3 is 2.41 bits per heavy atom. The lowest BCUT2D eigenvalue weighted by molar-refractivity contribution is 0.0994. The van der Waals surface area contributed by atoms with Gasteiger partial charge in [0.15, 0.2) is 5.89 Å². The molecule has 3 rings (SSSR count). The summed E-state index contributed by atoms with van der Waals surface area (Å²) < 4.78 is 5.34. The third-order valence-electron chi connectivity index (χ3n) is 3.96. The van der Waals surface area contributed by atoms with Gasteiger partial charge in [-0.1, -0.05) is 0 Å². The fraction of sp³-hybridized carbons (Fsp3) is 0.412. The Morgan fingerprint density at radius 2 is 1.82 bits per heavy atom. The van der Waals surface area contributed by atoms with Crippen LogP contribution in [0.3, 0.4) is 0 Å². The Bertz CT molecular complexity index is 655. The van der Waals surface area contributed by atoms with Crippen LogP contribution in [-0.2, 0) is 0 Å². The molecular weight excluding hydrogens is 278 g/mol. The minimum atomic E-state index is -0.260. The molecule has 22 heavy (non-hydrogen) atoms. The molecule has 1 fully saturated rings. The quantitative estimate of drug-likeness (QED) is 0.942. The van der Waals surface area contributed by atoms with E-state index in [9.17, 15) is 4.79 Å². The fourth-order valence-corrected chi connectivity index (χ4v) is 2.84. The number of carbonyl (C=O) groups is 1. The van der Waals surface area contributed by atoms with Crippen molar-refractivity contribution in [1.29, 1.82) is 0 Å². The van der Waals surface area contributed by atoms with E-state index in [2.05, 4.69) is 27.3 Å². The van der Waals surface area contributed by atoms with Crippen molar-refractivity contribution in [2.75, 3.05) is 23.3 Å². The van der Waals surface area contributed by atoms with E-state index in [-0.39, 0.29) is 11.7 Å². The molecule has 5 heteroatoms. The van der Waals surface area contributed by atoms with E-state index in [1.54, 1.807) is 13.8 Å². The van der Waals surface area contributed by atoms with E-state index < -0.39 is 0 Å². The maximum absolute atomic E-state index is 12.2. The van der Waals surface area contributed by atoms with E-state index in [1.807, 2.05) is 12.1 Å². The summed E-state index contributed by atoms with van der Waals surface area (Å²) in [6.07, 6.45) is 3.83. The molecule has 0 spiro atoms. The molecule has 0 unspecified atom stereocenters. The molecule has 2 aromatic rings. The van der Waals surface area contributed by atoms with E-state index >= 15 is 0 Å². The van der Waals surface area contributed by atoms with Crippen LogP contribution in [0.1, 0.15) is 41.4 Å². The number of benzene rings is 1. The summed E-state index contributed by atoms with van der Waals surface area (Å²) in [5.74, 6) is 0.518. The molecule has 116 valence electrons. The van der Waals surface area contributed by atoms with Crippen molar-refractivity contribution >= 4 is 17.3 Å². The molecule has 0 saturated carbocycles. The van der Waals surface area contributed by atoms with E-state index in [4.69, 9.17) is 4.42 Å². The number of nitrogens with zero attached hydrogens (tertiary/aromatic N) is 2. The smallest absolute Gasteiger partial charge is 0.293 e. The standard InChI is InChI=1S/C17H21N3O2/c1-12-16(22-13(2)18-12)17(21)19-14-6-8-15(9-7-14)20-10-4-3-5-11-20/h6-9H,3-5,10-11H2,1-2H3,(H,19,21). The molecule has 2 heterocycles. The van der Waals surface area contributed by atoms with Crippen LogP contribution in [-0.4, -0.2) is 24.0 Å². The molecule has 1 aliphatic rings. The molecule has 1 aliphatic heterocycles. The maximum Gasteiger partial charge on any atom is 0.293 e. The van der Waals surface area contributed by atoms with Gasteiger partial charge >= 0.3 is 0 Å². The second-order valence-electron chi connectivity index (χ2n) is 5.70. The van der Waals surface area contributed by atoms with Gasteiger partial charge in [0, 0.05) is 31.4 Å². The normalized spacial score (nSPS) is 14.9. The lowest BCUT2D eigenvalue weighted by Gasteiger charge is -2.28. The maximum atomic E-state index is 12.2. The van der Waals surface area contributed by atoms with Crippen LogP contribution in [0.15, 0.2) is 28.7 Å².